The number of aromatic nitrogens is 3. The largest absolute Gasteiger partial charge is 0.497 e. The standard InChI is InChI=1S/C15H15N3O2S/c1-9(2)14-17-18-12(8-19)13(16-15(18)21-14)10-5-4-6-11(7-10)20-3/h4-9H,1-3H3. The van der Waals surface area contributed by atoms with Gasteiger partial charge in [-0.3, -0.25) is 4.79 Å². The first-order valence-corrected chi connectivity index (χ1v) is 7.44. The van der Waals surface area contributed by atoms with Crippen LogP contribution in [0.15, 0.2) is 24.3 Å². The first kappa shape index (κ1) is 13.8. The minimum atomic E-state index is 0.316. The molecule has 0 radical (unpaired) electrons. The molecule has 3 aromatic rings. The van der Waals surface area contributed by atoms with Gasteiger partial charge in [0.05, 0.1) is 7.11 Å². The normalized spacial score (nSPS) is 11.2. The molecule has 0 N–H and O–H groups in total. The molecule has 5 nitrogen and oxygen atoms in total. The number of benzene rings is 1. The Balaban J connectivity index is 2.18. The Hall–Kier alpha value is -2.21. The average Bonchev–Trinajstić information content (AvgIpc) is 3.04. The Morgan fingerprint density at radius 2 is 2.19 bits per heavy atom. The zero-order valence-electron chi connectivity index (χ0n) is 12.0. The van der Waals surface area contributed by atoms with E-state index < -0.39 is 0 Å². The van der Waals surface area contributed by atoms with E-state index in [1.54, 1.807) is 11.6 Å². The van der Waals surface area contributed by atoms with Crippen molar-refractivity contribution in [3.05, 3.63) is 35.0 Å². The van der Waals surface area contributed by atoms with Crippen molar-refractivity contribution in [3.8, 4) is 17.0 Å². The number of hydrogen-bond donors (Lipinski definition) is 0. The highest BCUT2D eigenvalue weighted by Crippen LogP contribution is 2.30. The highest BCUT2D eigenvalue weighted by atomic mass is 32.1. The third kappa shape index (κ3) is 2.31. The van der Waals surface area contributed by atoms with E-state index in [-0.39, 0.29) is 0 Å². The minimum Gasteiger partial charge on any atom is -0.497 e. The molecule has 0 aliphatic carbocycles. The molecule has 0 atom stereocenters. The zero-order valence-corrected chi connectivity index (χ0v) is 12.8. The van der Waals surface area contributed by atoms with Crippen LogP contribution in [0.2, 0.25) is 0 Å². The molecule has 0 amide bonds. The van der Waals surface area contributed by atoms with E-state index in [4.69, 9.17) is 4.74 Å². The van der Waals surface area contributed by atoms with Gasteiger partial charge in [0.1, 0.15) is 22.1 Å². The summed E-state index contributed by atoms with van der Waals surface area (Å²) in [5.41, 5.74) is 1.96. The molecule has 0 saturated carbocycles. The number of imidazole rings is 1. The summed E-state index contributed by atoms with van der Waals surface area (Å²) in [4.78, 5) is 16.8. The Kier molecular flexibility index (Phi) is 3.47. The molecule has 108 valence electrons. The van der Waals surface area contributed by atoms with E-state index in [9.17, 15) is 4.79 Å². The Morgan fingerprint density at radius 1 is 1.38 bits per heavy atom. The van der Waals surface area contributed by atoms with Gasteiger partial charge >= 0.3 is 0 Å². The van der Waals surface area contributed by atoms with Gasteiger partial charge in [0, 0.05) is 11.5 Å². The molecular formula is C15H15N3O2S. The molecule has 0 aliphatic heterocycles. The number of nitrogens with zero attached hydrogens (tertiary/aromatic N) is 3. The second kappa shape index (κ2) is 5.29. The maximum Gasteiger partial charge on any atom is 0.213 e. The number of aldehydes is 1. The van der Waals surface area contributed by atoms with Gasteiger partial charge in [-0.15, -0.1) is 0 Å². The van der Waals surface area contributed by atoms with E-state index in [1.165, 1.54) is 11.3 Å². The van der Waals surface area contributed by atoms with Crippen molar-refractivity contribution in [3.63, 3.8) is 0 Å². The fraction of sp³-hybridized carbons (Fsp3) is 0.267. The Labute approximate surface area is 126 Å². The summed E-state index contributed by atoms with van der Waals surface area (Å²) in [5, 5.41) is 5.45. The van der Waals surface area contributed by atoms with Gasteiger partial charge in [0.2, 0.25) is 4.96 Å². The smallest absolute Gasteiger partial charge is 0.213 e. The van der Waals surface area contributed by atoms with E-state index in [2.05, 4.69) is 23.9 Å². The average molecular weight is 301 g/mol. The van der Waals surface area contributed by atoms with Crippen molar-refractivity contribution in [1.29, 1.82) is 0 Å². The van der Waals surface area contributed by atoms with Gasteiger partial charge in [-0.25, -0.2) is 4.98 Å². The molecule has 2 heterocycles. The molecule has 0 spiro atoms. The number of rotatable bonds is 4. The molecule has 0 bridgehead atoms. The fourth-order valence-electron chi connectivity index (χ4n) is 2.10. The summed E-state index contributed by atoms with van der Waals surface area (Å²) in [5.74, 6) is 1.05. The monoisotopic (exact) mass is 301 g/mol. The summed E-state index contributed by atoms with van der Waals surface area (Å²) < 4.78 is 6.85. The van der Waals surface area contributed by atoms with Crippen LogP contribution in [-0.4, -0.2) is 28.0 Å². The highest BCUT2D eigenvalue weighted by molar-refractivity contribution is 7.16. The fourth-order valence-corrected chi connectivity index (χ4v) is 3.01. The summed E-state index contributed by atoms with van der Waals surface area (Å²) in [6.07, 6.45) is 0.804. The maximum absolute atomic E-state index is 11.5. The Bertz CT molecular complexity index is 804. The summed E-state index contributed by atoms with van der Waals surface area (Å²) >= 11 is 1.51. The summed E-state index contributed by atoms with van der Waals surface area (Å²) in [6.45, 7) is 4.14. The van der Waals surface area contributed by atoms with Crippen LogP contribution in [0.1, 0.15) is 35.3 Å². The number of methoxy groups -OCH3 is 1. The number of hydrogen-bond acceptors (Lipinski definition) is 5. The molecule has 6 heteroatoms. The first-order valence-electron chi connectivity index (χ1n) is 6.63. The van der Waals surface area contributed by atoms with Gasteiger partial charge in [-0.2, -0.15) is 9.61 Å². The molecule has 1 aromatic carbocycles. The van der Waals surface area contributed by atoms with Crippen molar-refractivity contribution < 1.29 is 9.53 Å². The molecule has 0 unspecified atom stereocenters. The van der Waals surface area contributed by atoms with Gasteiger partial charge in [-0.05, 0) is 12.1 Å². The van der Waals surface area contributed by atoms with Crippen molar-refractivity contribution in [2.24, 2.45) is 0 Å². The molecule has 0 saturated heterocycles. The minimum absolute atomic E-state index is 0.316. The number of ether oxygens (including phenoxy) is 1. The second-order valence-corrected chi connectivity index (χ2v) is 5.97. The first-order chi connectivity index (χ1) is 10.1. The SMILES string of the molecule is COc1cccc(-c2nc3sc(C(C)C)nn3c2C=O)c1. The van der Waals surface area contributed by atoms with Gasteiger partial charge < -0.3 is 4.74 Å². The number of carbonyl (C=O) groups is 1. The van der Waals surface area contributed by atoms with E-state index in [0.29, 0.717) is 17.3 Å². The number of fused-ring (bicyclic) bond motifs is 1. The van der Waals surface area contributed by atoms with Crippen molar-refractivity contribution in [2.45, 2.75) is 19.8 Å². The highest BCUT2D eigenvalue weighted by Gasteiger charge is 2.18. The maximum atomic E-state index is 11.5. The lowest BCUT2D eigenvalue weighted by atomic mass is 10.1. The second-order valence-electron chi connectivity index (χ2n) is 4.98. The molecule has 0 aliphatic rings. The van der Waals surface area contributed by atoms with Crippen LogP contribution in [0.5, 0.6) is 5.75 Å². The van der Waals surface area contributed by atoms with Crippen molar-refractivity contribution in [2.75, 3.05) is 7.11 Å². The van der Waals surface area contributed by atoms with Crippen LogP contribution in [-0.2, 0) is 0 Å². The predicted molar refractivity (Wildman–Crippen MR) is 82.3 cm³/mol. The van der Waals surface area contributed by atoms with Gasteiger partial charge in [-0.1, -0.05) is 37.3 Å². The van der Waals surface area contributed by atoms with Crippen molar-refractivity contribution in [1.82, 2.24) is 14.6 Å². The third-order valence-corrected chi connectivity index (χ3v) is 4.41. The lowest BCUT2D eigenvalue weighted by molar-refractivity contribution is 0.111. The van der Waals surface area contributed by atoms with E-state index in [1.807, 2.05) is 24.3 Å². The lowest BCUT2D eigenvalue weighted by Gasteiger charge is -2.02. The zero-order chi connectivity index (χ0) is 15.0. The van der Waals surface area contributed by atoms with Crippen LogP contribution >= 0.6 is 11.3 Å². The predicted octanol–water partition coefficient (Wildman–Crippen LogP) is 3.40. The lowest BCUT2D eigenvalue weighted by Crippen LogP contribution is -1.96. The summed E-state index contributed by atoms with van der Waals surface area (Å²) in [7, 11) is 1.61. The summed E-state index contributed by atoms with van der Waals surface area (Å²) in [6, 6.07) is 7.51. The molecule has 2 aromatic heterocycles. The molecule has 21 heavy (non-hydrogen) atoms. The van der Waals surface area contributed by atoms with Crippen LogP contribution in [0.4, 0.5) is 0 Å². The topological polar surface area (TPSA) is 56.5 Å². The van der Waals surface area contributed by atoms with E-state index in [0.717, 1.165) is 27.6 Å². The Morgan fingerprint density at radius 3 is 2.86 bits per heavy atom. The van der Waals surface area contributed by atoms with Gasteiger partial charge in [0.25, 0.3) is 0 Å². The van der Waals surface area contributed by atoms with Gasteiger partial charge in [0.15, 0.2) is 6.29 Å². The number of carbonyl (C=O) groups excluding carboxylic acids is 1. The van der Waals surface area contributed by atoms with Crippen LogP contribution in [0.3, 0.4) is 0 Å². The molecule has 0 fully saturated rings. The van der Waals surface area contributed by atoms with Crippen LogP contribution in [0, 0.1) is 0 Å². The molecule has 3 rings (SSSR count). The van der Waals surface area contributed by atoms with Crippen LogP contribution < -0.4 is 4.74 Å². The third-order valence-electron chi connectivity index (χ3n) is 3.20. The van der Waals surface area contributed by atoms with E-state index >= 15 is 0 Å². The quantitative estimate of drug-likeness (QED) is 0.693. The molecular weight excluding hydrogens is 286 g/mol. The van der Waals surface area contributed by atoms with Crippen LogP contribution in [0.25, 0.3) is 16.2 Å². The van der Waals surface area contributed by atoms with Crippen molar-refractivity contribution >= 4 is 22.6 Å².